The highest BCUT2D eigenvalue weighted by Crippen LogP contribution is 2.37. The van der Waals surface area contributed by atoms with Crippen LogP contribution in [0.1, 0.15) is 43.9 Å². The van der Waals surface area contributed by atoms with Crippen LogP contribution in [-0.4, -0.2) is 35.1 Å². The number of hydrogen-bond acceptors (Lipinski definition) is 4. The van der Waals surface area contributed by atoms with Gasteiger partial charge in [0.15, 0.2) is 0 Å². The summed E-state index contributed by atoms with van der Waals surface area (Å²) in [6.45, 7) is 5.98. The number of rotatable bonds is 5. The van der Waals surface area contributed by atoms with Crippen molar-refractivity contribution in [3.8, 4) is 0 Å². The van der Waals surface area contributed by atoms with Gasteiger partial charge in [-0.2, -0.15) is 0 Å². The molecule has 1 N–H and O–H groups in total. The molecule has 1 aromatic rings. The van der Waals surface area contributed by atoms with Crippen LogP contribution in [0.5, 0.6) is 0 Å². The summed E-state index contributed by atoms with van der Waals surface area (Å²) in [6, 6.07) is 0.728. The van der Waals surface area contributed by atoms with Crippen LogP contribution in [-0.2, 0) is 11.2 Å². The summed E-state index contributed by atoms with van der Waals surface area (Å²) in [5.41, 5.74) is 1.86. The van der Waals surface area contributed by atoms with Crippen molar-refractivity contribution in [2.75, 3.05) is 18.4 Å². The Morgan fingerprint density at radius 2 is 2.35 bits per heavy atom. The summed E-state index contributed by atoms with van der Waals surface area (Å²) in [6.07, 6.45) is 5.38. The highest BCUT2D eigenvalue weighted by Gasteiger charge is 2.37. The molecular weight excluding hydrogens is 254 g/mol. The van der Waals surface area contributed by atoms with Crippen LogP contribution in [0.4, 0.5) is 5.88 Å². The fraction of sp³-hybridized carbons (Fsp3) is 0.733. The molecule has 110 valence electrons. The number of anilines is 1. The lowest BCUT2D eigenvalue weighted by molar-refractivity contribution is -0.116. The Balaban J connectivity index is 1.50. The highest BCUT2D eigenvalue weighted by atomic mass is 16.5. The van der Waals surface area contributed by atoms with Crippen LogP contribution in [0, 0.1) is 12.8 Å². The van der Waals surface area contributed by atoms with E-state index in [1.165, 1.54) is 25.8 Å². The van der Waals surface area contributed by atoms with E-state index in [2.05, 4.69) is 15.4 Å². The van der Waals surface area contributed by atoms with Crippen molar-refractivity contribution < 1.29 is 9.32 Å². The van der Waals surface area contributed by atoms with Crippen molar-refractivity contribution in [2.24, 2.45) is 5.92 Å². The van der Waals surface area contributed by atoms with Crippen molar-refractivity contribution in [2.45, 2.75) is 52.0 Å². The number of amides is 1. The maximum atomic E-state index is 12.0. The first-order chi connectivity index (χ1) is 9.67. The van der Waals surface area contributed by atoms with Crippen LogP contribution in [0.3, 0.4) is 0 Å². The highest BCUT2D eigenvalue weighted by molar-refractivity contribution is 5.90. The molecule has 0 aromatic carbocycles. The second-order valence-corrected chi connectivity index (χ2v) is 6.06. The number of hydrogen-bond donors (Lipinski definition) is 1. The van der Waals surface area contributed by atoms with Crippen LogP contribution in [0.2, 0.25) is 0 Å². The van der Waals surface area contributed by atoms with E-state index in [1.807, 2.05) is 13.8 Å². The summed E-state index contributed by atoms with van der Waals surface area (Å²) in [5.74, 6) is 1.43. The van der Waals surface area contributed by atoms with Crippen molar-refractivity contribution in [3.05, 3.63) is 11.3 Å². The molecule has 1 amide bonds. The first kappa shape index (κ1) is 13.6. The number of piperidine rings is 1. The van der Waals surface area contributed by atoms with Gasteiger partial charge in [0.2, 0.25) is 11.8 Å². The van der Waals surface area contributed by atoms with E-state index < -0.39 is 0 Å². The van der Waals surface area contributed by atoms with Gasteiger partial charge in [-0.3, -0.25) is 15.0 Å². The topological polar surface area (TPSA) is 58.4 Å². The van der Waals surface area contributed by atoms with Crippen molar-refractivity contribution in [3.63, 3.8) is 0 Å². The maximum absolute atomic E-state index is 12.0. The predicted octanol–water partition coefficient (Wildman–Crippen LogP) is 2.36. The molecule has 2 aliphatic rings. The molecule has 5 nitrogen and oxygen atoms in total. The second kappa shape index (κ2) is 5.56. The van der Waals surface area contributed by atoms with E-state index >= 15 is 0 Å². The fourth-order valence-electron chi connectivity index (χ4n) is 3.64. The molecule has 2 fully saturated rings. The third-order valence-electron chi connectivity index (χ3n) is 4.74. The molecule has 1 aliphatic carbocycles. The minimum Gasteiger partial charge on any atom is -0.338 e. The zero-order valence-corrected chi connectivity index (χ0v) is 12.3. The van der Waals surface area contributed by atoms with Crippen LogP contribution >= 0.6 is 0 Å². The zero-order valence-electron chi connectivity index (χ0n) is 12.3. The summed E-state index contributed by atoms with van der Waals surface area (Å²) >= 11 is 0. The van der Waals surface area contributed by atoms with E-state index in [-0.39, 0.29) is 5.91 Å². The van der Waals surface area contributed by atoms with Crippen LogP contribution in [0.15, 0.2) is 4.52 Å². The maximum Gasteiger partial charge on any atom is 0.234 e. The molecule has 1 aliphatic heterocycles. The van der Waals surface area contributed by atoms with Crippen molar-refractivity contribution in [1.29, 1.82) is 0 Å². The minimum atomic E-state index is 0.0265. The number of aryl methyl sites for hydroxylation is 1. The predicted molar refractivity (Wildman–Crippen MR) is 76.6 cm³/mol. The number of carbonyl (C=O) groups excluding carboxylic acids is 1. The van der Waals surface area contributed by atoms with Crippen molar-refractivity contribution >= 4 is 11.8 Å². The van der Waals surface area contributed by atoms with Crippen molar-refractivity contribution in [1.82, 2.24) is 10.1 Å². The molecule has 5 heteroatoms. The van der Waals surface area contributed by atoms with Gasteiger partial charge in [-0.05, 0) is 38.5 Å². The molecular formula is C15H23N3O2. The molecule has 3 rings (SSSR count). The first-order valence-corrected chi connectivity index (χ1v) is 7.66. The molecule has 0 spiro atoms. The van der Waals surface area contributed by atoms with E-state index in [1.54, 1.807) is 0 Å². The zero-order chi connectivity index (χ0) is 14.1. The van der Waals surface area contributed by atoms with Crippen LogP contribution < -0.4 is 5.32 Å². The number of aromatic nitrogens is 1. The number of fused-ring (bicyclic) bond motifs is 2. The lowest BCUT2D eigenvalue weighted by Crippen LogP contribution is -2.34. The van der Waals surface area contributed by atoms with Gasteiger partial charge in [-0.25, -0.2) is 0 Å². The Hall–Kier alpha value is -1.36. The van der Waals surface area contributed by atoms with E-state index in [4.69, 9.17) is 4.52 Å². The molecule has 2 bridgehead atoms. The molecule has 1 saturated heterocycles. The second-order valence-electron chi connectivity index (χ2n) is 6.06. The molecule has 1 aromatic heterocycles. The van der Waals surface area contributed by atoms with Gasteiger partial charge < -0.3 is 4.52 Å². The quantitative estimate of drug-likeness (QED) is 0.897. The molecule has 1 saturated carbocycles. The average Bonchev–Trinajstić information content (AvgIpc) is 3.12. The van der Waals surface area contributed by atoms with Crippen LogP contribution in [0.25, 0.3) is 0 Å². The summed E-state index contributed by atoms with van der Waals surface area (Å²) in [4.78, 5) is 14.5. The lowest BCUT2D eigenvalue weighted by atomic mass is 10.1. The Bertz CT molecular complexity index is 497. The van der Waals surface area contributed by atoms with Gasteiger partial charge in [-0.15, -0.1) is 0 Å². The Labute approximate surface area is 119 Å². The first-order valence-electron chi connectivity index (χ1n) is 7.66. The van der Waals surface area contributed by atoms with Gasteiger partial charge in [-0.1, -0.05) is 12.1 Å². The van der Waals surface area contributed by atoms with Gasteiger partial charge in [0.1, 0.15) is 0 Å². The van der Waals surface area contributed by atoms with E-state index in [0.29, 0.717) is 12.3 Å². The summed E-state index contributed by atoms with van der Waals surface area (Å²) in [7, 11) is 0. The number of carbonyl (C=O) groups is 1. The standard InChI is InChI=1S/C15H23N3O2/c1-3-13-10(2)17-20-15(13)16-14(19)6-7-18-9-11-4-5-12(18)8-11/h11-12H,3-9H2,1-2H3,(H,16,19)/t11-,12+/m1/s1. The molecule has 0 unspecified atom stereocenters. The Kier molecular flexibility index (Phi) is 3.78. The molecule has 0 radical (unpaired) electrons. The van der Waals surface area contributed by atoms with Gasteiger partial charge in [0, 0.05) is 31.1 Å². The largest absolute Gasteiger partial charge is 0.338 e. The number of nitrogens with zero attached hydrogens (tertiary/aromatic N) is 2. The smallest absolute Gasteiger partial charge is 0.234 e. The molecule has 20 heavy (non-hydrogen) atoms. The van der Waals surface area contributed by atoms with Gasteiger partial charge >= 0.3 is 0 Å². The number of nitrogens with one attached hydrogen (secondary N) is 1. The fourth-order valence-corrected chi connectivity index (χ4v) is 3.64. The molecule has 2 heterocycles. The Morgan fingerprint density at radius 3 is 3.00 bits per heavy atom. The third kappa shape index (κ3) is 2.59. The minimum absolute atomic E-state index is 0.0265. The SMILES string of the molecule is CCc1c(C)noc1NC(=O)CCN1C[C@@H]2CC[C@H]1C2. The van der Waals surface area contributed by atoms with E-state index in [9.17, 15) is 4.79 Å². The third-order valence-corrected chi connectivity index (χ3v) is 4.74. The summed E-state index contributed by atoms with van der Waals surface area (Å²) in [5, 5.41) is 6.76. The van der Waals surface area contributed by atoms with E-state index in [0.717, 1.165) is 36.2 Å². The van der Waals surface area contributed by atoms with Gasteiger partial charge in [0.25, 0.3) is 0 Å². The Morgan fingerprint density at radius 1 is 1.50 bits per heavy atom. The number of likely N-dealkylation sites (tertiary alicyclic amines) is 1. The van der Waals surface area contributed by atoms with Gasteiger partial charge in [0.05, 0.1) is 5.69 Å². The lowest BCUT2D eigenvalue weighted by Gasteiger charge is -2.26. The molecule has 2 atom stereocenters. The summed E-state index contributed by atoms with van der Waals surface area (Å²) < 4.78 is 5.18. The average molecular weight is 277 g/mol. The monoisotopic (exact) mass is 277 g/mol. The normalized spacial score (nSPS) is 25.3.